The molecule has 0 radical (unpaired) electrons. The molecule has 0 fully saturated rings. The maximum absolute atomic E-state index is 11.3. The van der Waals surface area contributed by atoms with Crippen molar-refractivity contribution in [2.75, 3.05) is 13.2 Å². The van der Waals surface area contributed by atoms with Crippen molar-refractivity contribution in [1.29, 1.82) is 0 Å². The molecule has 1 aromatic carbocycles. The smallest absolute Gasteiger partial charge is 0.237 e. The monoisotopic (exact) mass is 255 g/mol. The Morgan fingerprint density at radius 2 is 2.24 bits per heavy atom. The van der Waals surface area contributed by atoms with Crippen LogP contribution in [0.15, 0.2) is 24.3 Å². The summed E-state index contributed by atoms with van der Waals surface area (Å²) in [6.07, 6.45) is -0.177. The lowest BCUT2D eigenvalue weighted by molar-refractivity contribution is -0.120. The number of rotatable bonds is 3. The number of hydrogen-bond acceptors (Lipinski definition) is 3. The van der Waals surface area contributed by atoms with Crippen molar-refractivity contribution in [3.8, 4) is 11.5 Å². The van der Waals surface area contributed by atoms with E-state index in [2.05, 4.69) is 5.32 Å². The molecule has 17 heavy (non-hydrogen) atoms. The Balaban J connectivity index is 1.88. The van der Waals surface area contributed by atoms with Gasteiger partial charge < -0.3 is 14.8 Å². The first kappa shape index (κ1) is 12.0. The van der Waals surface area contributed by atoms with Crippen LogP contribution < -0.4 is 14.8 Å². The summed E-state index contributed by atoms with van der Waals surface area (Å²) in [6.45, 7) is 2.45. The third-order valence-corrected chi connectivity index (χ3v) is 2.63. The van der Waals surface area contributed by atoms with Gasteiger partial charge in [0.2, 0.25) is 5.91 Å². The number of carbonyl (C=O) groups excluding carboxylic acids is 1. The molecule has 92 valence electrons. The molecule has 0 aromatic heterocycles. The van der Waals surface area contributed by atoms with Crippen molar-refractivity contribution >= 4 is 17.5 Å². The van der Waals surface area contributed by atoms with Crippen LogP contribution in [0.25, 0.3) is 0 Å². The molecule has 0 saturated carbocycles. The topological polar surface area (TPSA) is 47.6 Å². The molecule has 0 saturated heterocycles. The largest absolute Gasteiger partial charge is 0.486 e. The van der Waals surface area contributed by atoms with Crippen molar-refractivity contribution in [3.63, 3.8) is 0 Å². The van der Waals surface area contributed by atoms with E-state index in [9.17, 15) is 4.79 Å². The maximum atomic E-state index is 11.3. The number of amides is 1. The number of fused-ring (bicyclic) bond motifs is 1. The van der Waals surface area contributed by atoms with Gasteiger partial charge >= 0.3 is 0 Å². The number of nitrogens with one attached hydrogen (secondary N) is 1. The van der Waals surface area contributed by atoms with Crippen molar-refractivity contribution in [1.82, 2.24) is 5.32 Å². The third-order valence-electron chi connectivity index (χ3n) is 2.43. The zero-order valence-electron chi connectivity index (χ0n) is 9.48. The Labute approximate surface area is 105 Å². The molecule has 0 bridgehead atoms. The zero-order chi connectivity index (χ0) is 12.3. The summed E-state index contributed by atoms with van der Waals surface area (Å²) in [5, 5.41) is 2.17. The average molecular weight is 256 g/mol. The number of para-hydroxylation sites is 2. The van der Waals surface area contributed by atoms with Gasteiger partial charge in [-0.2, -0.15) is 0 Å². The highest BCUT2D eigenvalue weighted by molar-refractivity contribution is 6.30. The molecule has 0 spiro atoms. The average Bonchev–Trinajstić information content (AvgIpc) is 2.35. The first-order valence-corrected chi connectivity index (χ1v) is 5.90. The Morgan fingerprint density at radius 3 is 2.94 bits per heavy atom. The molecule has 2 rings (SSSR count). The summed E-state index contributed by atoms with van der Waals surface area (Å²) in [6, 6.07) is 7.46. The molecular weight excluding hydrogens is 242 g/mol. The van der Waals surface area contributed by atoms with Gasteiger partial charge in [0.15, 0.2) is 11.5 Å². The van der Waals surface area contributed by atoms with E-state index in [0.717, 1.165) is 5.75 Å². The highest BCUT2D eigenvalue weighted by Crippen LogP contribution is 2.30. The van der Waals surface area contributed by atoms with Crippen molar-refractivity contribution < 1.29 is 14.3 Å². The van der Waals surface area contributed by atoms with E-state index in [1.807, 2.05) is 24.3 Å². The third kappa shape index (κ3) is 3.03. The molecule has 0 aliphatic carbocycles. The van der Waals surface area contributed by atoms with Gasteiger partial charge in [0, 0.05) is 0 Å². The fourth-order valence-corrected chi connectivity index (χ4v) is 1.60. The lowest BCUT2D eigenvalue weighted by Gasteiger charge is -2.26. The highest BCUT2D eigenvalue weighted by Gasteiger charge is 2.21. The molecule has 2 atom stereocenters. The fraction of sp³-hybridized carbons (Fsp3) is 0.417. The SMILES string of the molecule is CC(Cl)C(=O)NCC1COc2ccccc2O1. The Morgan fingerprint density at radius 1 is 1.53 bits per heavy atom. The van der Waals surface area contributed by atoms with Gasteiger partial charge in [-0.3, -0.25) is 4.79 Å². The number of hydrogen-bond donors (Lipinski definition) is 1. The van der Waals surface area contributed by atoms with Crippen LogP contribution in [0.3, 0.4) is 0 Å². The summed E-state index contributed by atoms with van der Waals surface area (Å²) >= 11 is 5.64. The van der Waals surface area contributed by atoms with Crippen LogP contribution in [0.4, 0.5) is 0 Å². The van der Waals surface area contributed by atoms with Crippen LogP contribution in [0, 0.1) is 0 Å². The molecule has 1 aliphatic rings. The standard InChI is InChI=1S/C12H14ClNO3/c1-8(13)12(15)14-6-9-7-16-10-4-2-3-5-11(10)17-9/h2-5,8-9H,6-7H2,1H3,(H,14,15). The predicted molar refractivity (Wildman–Crippen MR) is 64.7 cm³/mol. The van der Waals surface area contributed by atoms with Crippen molar-refractivity contribution in [2.24, 2.45) is 0 Å². The van der Waals surface area contributed by atoms with E-state index in [1.54, 1.807) is 6.92 Å². The molecular formula is C12H14ClNO3. The van der Waals surface area contributed by atoms with E-state index >= 15 is 0 Å². The quantitative estimate of drug-likeness (QED) is 0.834. The minimum Gasteiger partial charge on any atom is -0.486 e. The van der Waals surface area contributed by atoms with Gasteiger partial charge in [-0.05, 0) is 19.1 Å². The van der Waals surface area contributed by atoms with Gasteiger partial charge in [-0.1, -0.05) is 12.1 Å². The number of carbonyl (C=O) groups is 1. The number of alkyl halides is 1. The molecule has 1 N–H and O–H groups in total. The van der Waals surface area contributed by atoms with Crippen LogP contribution in [0.1, 0.15) is 6.92 Å². The number of benzene rings is 1. The van der Waals surface area contributed by atoms with E-state index in [-0.39, 0.29) is 12.0 Å². The van der Waals surface area contributed by atoms with Gasteiger partial charge in [-0.25, -0.2) is 0 Å². The maximum Gasteiger partial charge on any atom is 0.237 e. The highest BCUT2D eigenvalue weighted by atomic mass is 35.5. The summed E-state index contributed by atoms with van der Waals surface area (Å²) in [5.74, 6) is 1.24. The summed E-state index contributed by atoms with van der Waals surface area (Å²) < 4.78 is 11.2. The lowest BCUT2D eigenvalue weighted by Crippen LogP contribution is -2.42. The van der Waals surface area contributed by atoms with Crippen molar-refractivity contribution in [2.45, 2.75) is 18.4 Å². The normalized spacial score (nSPS) is 19.5. The van der Waals surface area contributed by atoms with Crippen LogP contribution in [0.5, 0.6) is 11.5 Å². The first-order valence-electron chi connectivity index (χ1n) is 5.47. The van der Waals surface area contributed by atoms with E-state index in [1.165, 1.54) is 0 Å². The fourth-order valence-electron chi connectivity index (χ4n) is 1.52. The number of ether oxygens (including phenoxy) is 2. The molecule has 4 nitrogen and oxygen atoms in total. The minimum atomic E-state index is -0.535. The lowest BCUT2D eigenvalue weighted by atomic mass is 10.2. The first-order chi connectivity index (χ1) is 8.16. The van der Waals surface area contributed by atoms with Crippen LogP contribution >= 0.6 is 11.6 Å². The van der Waals surface area contributed by atoms with Crippen LogP contribution in [-0.4, -0.2) is 30.5 Å². The van der Waals surface area contributed by atoms with Crippen LogP contribution in [-0.2, 0) is 4.79 Å². The summed E-state index contributed by atoms with van der Waals surface area (Å²) in [5.41, 5.74) is 0. The Kier molecular flexibility index (Phi) is 3.74. The second kappa shape index (κ2) is 5.27. The van der Waals surface area contributed by atoms with Gasteiger partial charge in [0.25, 0.3) is 0 Å². The zero-order valence-corrected chi connectivity index (χ0v) is 10.2. The van der Waals surface area contributed by atoms with Gasteiger partial charge in [-0.15, -0.1) is 11.6 Å². The van der Waals surface area contributed by atoms with E-state index < -0.39 is 5.38 Å². The van der Waals surface area contributed by atoms with E-state index in [0.29, 0.717) is 18.9 Å². The molecule has 1 aromatic rings. The molecule has 1 heterocycles. The molecule has 5 heteroatoms. The van der Waals surface area contributed by atoms with Crippen molar-refractivity contribution in [3.05, 3.63) is 24.3 Å². The second-order valence-electron chi connectivity index (χ2n) is 3.86. The molecule has 1 amide bonds. The Hall–Kier alpha value is -1.42. The van der Waals surface area contributed by atoms with Gasteiger partial charge in [0.1, 0.15) is 18.1 Å². The van der Waals surface area contributed by atoms with Crippen LogP contribution in [0.2, 0.25) is 0 Å². The molecule has 2 unspecified atom stereocenters. The Bertz CT molecular complexity index is 408. The molecule has 1 aliphatic heterocycles. The number of halogens is 1. The summed E-state index contributed by atoms with van der Waals surface area (Å²) in [4.78, 5) is 11.3. The second-order valence-corrected chi connectivity index (χ2v) is 4.51. The van der Waals surface area contributed by atoms with E-state index in [4.69, 9.17) is 21.1 Å². The van der Waals surface area contributed by atoms with Gasteiger partial charge in [0.05, 0.1) is 6.54 Å². The minimum absolute atomic E-state index is 0.177. The summed E-state index contributed by atoms with van der Waals surface area (Å²) in [7, 11) is 0. The predicted octanol–water partition coefficient (Wildman–Crippen LogP) is 1.57.